The Bertz CT molecular complexity index is 1210. The highest BCUT2D eigenvalue weighted by Crippen LogP contribution is 2.26. The first kappa shape index (κ1) is 22.4. The van der Waals surface area contributed by atoms with Crippen molar-refractivity contribution in [1.82, 2.24) is 14.5 Å². The Labute approximate surface area is 199 Å². The molecule has 3 aromatic carbocycles. The third-order valence-corrected chi connectivity index (χ3v) is 6.56. The van der Waals surface area contributed by atoms with Crippen LogP contribution in [0.25, 0.3) is 11.0 Å². The van der Waals surface area contributed by atoms with Crippen molar-refractivity contribution in [2.24, 2.45) is 0 Å². The highest BCUT2D eigenvalue weighted by molar-refractivity contribution is 5.76. The number of aromatic nitrogens is 2. The summed E-state index contributed by atoms with van der Waals surface area (Å²) in [6, 6.07) is 23.6. The molecule has 0 saturated carbocycles. The topological polar surface area (TPSA) is 39.5 Å². The van der Waals surface area contributed by atoms with Crippen LogP contribution in [-0.4, -0.2) is 47.3 Å². The first-order valence-electron chi connectivity index (χ1n) is 11.9. The lowest BCUT2D eigenvalue weighted by molar-refractivity contribution is 0.0908. The Morgan fingerprint density at radius 3 is 2.35 bits per heavy atom. The van der Waals surface area contributed by atoms with Crippen molar-refractivity contribution in [1.29, 1.82) is 0 Å². The van der Waals surface area contributed by atoms with Crippen molar-refractivity contribution < 1.29 is 13.9 Å². The van der Waals surface area contributed by atoms with Gasteiger partial charge in [-0.1, -0.05) is 36.4 Å². The molecule has 1 saturated heterocycles. The molecule has 0 bridgehead atoms. The summed E-state index contributed by atoms with van der Waals surface area (Å²) in [5, 5.41) is 0. The number of imidazole rings is 1. The summed E-state index contributed by atoms with van der Waals surface area (Å²) in [5.74, 6) is 0.668. The van der Waals surface area contributed by atoms with Gasteiger partial charge >= 0.3 is 0 Å². The van der Waals surface area contributed by atoms with Gasteiger partial charge < -0.3 is 14.4 Å². The van der Waals surface area contributed by atoms with E-state index in [0.717, 1.165) is 61.2 Å². The number of nitrogens with zero attached hydrogens (tertiary/aromatic N) is 3. The molecule has 5 nitrogen and oxygen atoms in total. The number of methoxy groups -OCH3 is 1. The standard InChI is InChI=1S/C28H30FN3O2/c1-33-24-12-8-21(9-13-24)14-17-31-18-15-25(16-19-31)34-28-30-26-4-2-3-5-27(26)32(28)20-22-6-10-23(29)11-7-22/h2-13,25H,14-20H2,1H3. The summed E-state index contributed by atoms with van der Waals surface area (Å²) in [6.07, 6.45) is 3.12. The Hall–Kier alpha value is -3.38. The minimum atomic E-state index is -0.227. The van der Waals surface area contributed by atoms with Crippen molar-refractivity contribution in [3.8, 4) is 11.8 Å². The van der Waals surface area contributed by atoms with Gasteiger partial charge in [0.1, 0.15) is 17.7 Å². The minimum absolute atomic E-state index is 0.140. The lowest BCUT2D eigenvalue weighted by atomic mass is 10.1. The molecule has 6 heteroatoms. The first-order valence-corrected chi connectivity index (χ1v) is 11.9. The molecule has 1 fully saturated rings. The quantitative estimate of drug-likeness (QED) is 0.358. The fraction of sp³-hybridized carbons (Fsp3) is 0.321. The van der Waals surface area contributed by atoms with Gasteiger partial charge in [-0.3, -0.25) is 4.57 Å². The van der Waals surface area contributed by atoms with E-state index >= 15 is 0 Å². The van der Waals surface area contributed by atoms with E-state index < -0.39 is 0 Å². The molecule has 0 unspecified atom stereocenters. The molecule has 176 valence electrons. The highest BCUT2D eigenvalue weighted by atomic mass is 19.1. The Morgan fingerprint density at radius 2 is 1.62 bits per heavy atom. The highest BCUT2D eigenvalue weighted by Gasteiger charge is 2.23. The predicted octanol–water partition coefficient (Wildman–Crippen LogP) is 5.32. The van der Waals surface area contributed by atoms with Gasteiger partial charge in [-0.15, -0.1) is 0 Å². The van der Waals surface area contributed by atoms with Crippen molar-refractivity contribution in [2.75, 3.05) is 26.7 Å². The first-order chi connectivity index (χ1) is 16.7. The van der Waals surface area contributed by atoms with Gasteiger partial charge in [0.25, 0.3) is 6.01 Å². The van der Waals surface area contributed by atoms with Gasteiger partial charge in [-0.05, 0) is 66.8 Å². The second-order valence-corrected chi connectivity index (χ2v) is 8.85. The van der Waals surface area contributed by atoms with Crippen LogP contribution in [0.3, 0.4) is 0 Å². The minimum Gasteiger partial charge on any atom is -0.497 e. The number of piperidine rings is 1. The third-order valence-electron chi connectivity index (χ3n) is 6.56. The molecule has 1 aliphatic rings. The zero-order chi connectivity index (χ0) is 23.3. The number of fused-ring (bicyclic) bond motifs is 1. The molecule has 5 rings (SSSR count). The van der Waals surface area contributed by atoms with E-state index in [2.05, 4.69) is 27.7 Å². The molecule has 1 aromatic heterocycles. The zero-order valence-electron chi connectivity index (χ0n) is 19.5. The van der Waals surface area contributed by atoms with Crippen molar-refractivity contribution >= 4 is 11.0 Å². The van der Waals surface area contributed by atoms with Crippen LogP contribution in [0, 0.1) is 5.82 Å². The van der Waals surface area contributed by atoms with Gasteiger partial charge in [0, 0.05) is 19.6 Å². The maximum atomic E-state index is 13.4. The third kappa shape index (κ3) is 5.23. The van der Waals surface area contributed by atoms with Gasteiger partial charge in [-0.25, -0.2) is 4.39 Å². The van der Waals surface area contributed by atoms with Crippen LogP contribution in [0.15, 0.2) is 72.8 Å². The summed E-state index contributed by atoms with van der Waals surface area (Å²) in [7, 11) is 1.69. The monoisotopic (exact) mass is 459 g/mol. The summed E-state index contributed by atoms with van der Waals surface area (Å²) >= 11 is 0. The number of hydrogen-bond donors (Lipinski definition) is 0. The Kier molecular flexibility index (Phi) is 6.77. The van der Waals surface area contributed by atoms with Crippen LogP contribution in [0.1, 0.15) is 24.0 Å². The maximum Gasteiger partial charge on any atom is 0.297 e. The average molecular weight is 460 g/mol. The van der Waals surface area contributed by atoms with Gasteiger partial charge in [0.15, 0.2) is 0 Å². The van der Waals surface area contributed by atoms with E-state index in [1.54, 1.807) is 7.11 Å². The molecular weight excluding hydrogens is 429 g/mol. The molecule has 0 amide bonds. The van der Waals surface area contributed by atoms with Crippen LogP contribution in [0.4, 0.5) is 4.39 Å². The fourth-order valence-corrected chi connectivity index (χ4v) is 4.55. The van der Waals surface area contributed by atoms with Gasteiger partial charge in [0.05, 0.1) is 24.7 Å². The Balaban J connectivity index is 1.21. The lowest BCUT2D eigenvalue weighted by Gasteiger charge is -2.32. The van der Waals surface area contributed by atoms with Gasteiger partial charge in [-0.2, -0.15) is 4.98 Å². The molecule has 0 radical (unpaired) electrons. The number of ether oxygens (including phenoxy) is 2. The summed E-state index contributed by atoms with van der Waals surface area (Å²) in [5.41, 5.74) is 4.28. The number of halogens is 1. The zero-order valence-corrected chi connectivity index (χ0v) is 19.5. The maximum absolute atomic E-state index is 13.4. The molecule has 0 spiro atoms. The van der Waals surface area contributed by atoms with E-state index in [1.165, 1.54) is 17.7 Å². The summed E-state index contributed by atoms with van der Waals surface area (Å²) < 4.78 is 27.1. The van der Waals surface area contributed by atoms with E-state index in [1.807, 2.05) is 42.5 Å². The van der Waals surface area contributed by atoms with Crippen LogP contribution >= 0.6 is 0 Å². The molecule has 0 aliphatic carbocycles. The number of hydrogen-bond acceptors (Lipinski definition) is 4. The Morgan fingerprint density at radius 1 is 0.912 bits per heavy atom. The second-order valence-electron chi connectivity index (χ2n) is 8.85. The van der Waals surface area contributed by atoms with Crippen LogP contribution in [0.5, 0.6) is 11.8 Å². The van der Waals surface area contributed by atoms with E-state index in [-0.39, 0.29) is 11.9 Å². The second kappa shape index (κ2) is 10.3. The van der Waals surface area contributed by atoms with Crippen molar-refractivity contribution in [2.45, 2.75) is 31.9 Å². The average Bonchev–Trinajstić information content (AvgIpc) is 3.22. The number of rotatable bonds is 8. The molecule has 1 aliphatic heterocycles. The largest absolute Gasteiger partial charge is 0.497 e. The van der Waals surface area contributed by atoms with Crippen molar-refractivity contribution in [3.05, 3.63) is 89.7 Å². The number of benzene rings is 3. The molecule has 0 N–H and O–H groups in total. The fourth-order valence-electron chi connectivity index (χ4n) is 4.55. The van der Waals surface area contributed by atoms with E-state index in [9.17, 15) is 4.39 Å². The SMILES string of the molecule is COc1ccc(CCN2CCC(Oc3nc4ccccc4n3Cc3ccc(F)cc3)CC2)cc1. The molecule has 2 heterocycles. The van der Waals surface area contributed by atoms with E-state index in [4.69, 9.17) is 14.5 Å². The van der Waals surface area contributed by atoms with Gasteiger partial charge in [0.2, 0.25) is 0 Å². The number of para-hydroxylation sites is 2. The predicted molar refractivity (Wildman–Crippen MR) is 132 cm³/mol. The molecule has 0 atom stereocenters. The molecule has 34 heavy (non-hydrogen) atoms. The summed E-state index contributed by atoms with van der Waals surface area (Å²) in [6.45, 7) is 3.66. The lowest BCUT2D eigenvalue weighted by Crippen LogP contribution is -2.39. The molecular formula is C28H30FN3O2. The smallest absolute Gasteiger partial charge is 0.297 e. The number of likely N-dealkylation sites (tertiary alicyclic amines) is 1. The van der Waals surface area contributed by atoms with Crippen LogP contribution in [0.2, 0.25) is 0 Å². The van der Waals surface area contributed by atoms with Crippen molar-refractivity contribution in [3.63, 3.8) is 0 Å². The van der Waals surface area contributed by atoms with E-state index in [0.29, 0.717) is 12.6 Å². The molecule has 4 aromatic rings. The normalized spacial score (nSPS) is 15.0. The summed E-state index contributed by atoms with van der Waals surface area (Å²) in [4.78, 5) is 7.28. The van der Waals surface area contributed by atoms with Crippen LogP contribution < -0.4 is 9.47 Å². The van der Waals surface area contributed by atoms with Crippen LogP contribution in [-0.2, 0) is 13.0 Å².